The SMILES string of the molecule is CCOC(=O)C=Cc1cc2c(=O)n(-c3ccc(C)cc3)c(CC)nc2cc1F. The summed E-state index contributed by atoms with van der Waals surface area (Å²) in [6, 6.07) is 10.2. The number of esters is 1. The molecule has 144 valence electrons. The molecule has 3 aromatic rings. The molecule has 1 aromatic heterocycles. The van der Waals surface area contributed by atoms with Gasteiger partial charge in [-0.25, -0.2) is 14.2 Å². The van der Waals surface area contributed by atoms with Crippen LogP contribution < -0.4 is 5.56 Å². The van der Waals surface area contributed by atoms with Crippen molar-refractivity contribution in [3.8, 4) is 5.69 Å². The van der Waals surface area contributed by atoms with E-state index in [0.717, 1.165) is 11.6 Å². The van der Waals surface area contributed by atoms with Crippen LogP contribution in [0.25, 0.3) is 22.7 Å². The lowest BCUT2D eigenvalue weighted by Crippen LogP contribution is -2.23. The monoisotopic (exact) mass is 380 g/mol. The number of benzene rings is 2. The Morgan fingerprint density at radius 2 is 1.93 bits per heavy atom. The van der Waals surface area contributed by atoms with E-state index in [1.54, 1.807) is 11.5 Å². The second-order valence-corrected chi connectivity index (χ2v) is 6.33. The number of carbonyl (C=O) groups is 1. The van der Waals surface area contributed by atoms with Crippen LogP contribution in [0.4, 0.5) is 4.39 Å². The number of hydrogen-bond acceptors (Lipinski definition) is 4. The quantitative estimate of drug-likeness (QED) is 0.496. The summed E-state index contributed by atoms with van der Waals surface area (Å²) in [7, 11) is 0. The molecule has 0 spiro atoms. The van der Waals surface area contributed by atoms with E-state index in [-0.39, 0.29) is 28.6 Å². The van der Waals surface area contributed by atoms with Gasteiger partial charge in [0, 0.05) is 24.1 Å². The summed E-state index contributed by atoms with van der Waals surface area (Å²) in [4.78, 5) is 29.2. The Bertz CT molecular complexity index is 1120. The minimum atomic E-state index is -0.571. The summed E-state index contributed by atoms with van der Waals surface area (Å²) in [6.45, 7) is 5.78. The molecular formula is C22H21FN2O3. The molecule has 3 rings (SSSR count). The van der Waals surface area contributed by atoms with E-state index < -0.39 is 11.8 Å². The first-order valence-corrected chi connectivity index (χ1v) is 9.11. The first-order valence-electron chi connectivity index (χ1n) is 9.11. The molecule has 5 nitrogen and oxygen atoms in total. The molecule has 0 saturated heterocycles. The van der Waals surface area contributed by atoms with Gasteiger partial charge in [-0.15, -0.1) is 0 Å². The normalized spacial score (nSPS) is 11.3. The fraction of sp³-hybridized carbons (Fsp3) is 0.227. The smallest absolute Gasteiger partial charge is 0.330 e. The third-order valence-electron chi connectivity index (χ3n) is 4.35. The topological polar surface area (TPSA) is 61.2 Å². The average Bonchev–Trinajstić information content (AvgIpc) is 2.67. The number of ether oxygens (including phenoxy) is 1. The highest BCUT2D eigenvalue weighted by Gasteiger charge is 2.14. The maximum atomic E-state index is 14.4. The lowest BCUT2D eigenvalue weighted by molar-refractivity contribution is -0.137. The van der Waals surface area contributed by atoms with Crippen molar-refractivity contribution in [1.82, 2.24) is 9.55 Å². The zero-order chi connectivity index (χ0) is 20.3. The number of hydrogen-bond donors (Lipinski definition) is 0. The van der Waals surface area contributed by atoms with Crippen molar-refractivity contribution in [3.05, 3.63) is 75.6 Å². The molecule has 6 heteroatoms. The number of rotatable bonds is 5. The Morgan fingerprint density at radius 1 is 1.21 bits per heavy atom. The highest BCUT2D eigenvalue weighted by atomic mass is 19.1. The van der Waals surface area contributed by atoms with E-state index in [1.165, 1.54) is 18.2 Å². The molecule has 0 radical (unpaired) electrons. The molecule has 0 aliphatic rings. The van der Waals surface area contributed by atoms with E-state index in [0.29, 0.717) is 17.9 Å². The summed E-state index contributed by atoms with van der Waals surface area (Å²) in [5.74, 6) is -0.579. The number of aromatic nitrogens is 2. The second-order valence-electron chi connectivity index (χ2n) is 6.33. The zero-order valence-electron chi connectivity index (χ0n) is 16.0. The second kappa shape index (κ2) is 8.17. The van der Waals surface area contributed by atoms with Crippen molar-refractivity contribution in [1.29, 1.82) is 0 Å². The summed E-state index contributed by atoms with van der Waals surface area (Å²) >= 11 is 0. The van der Waals surface area contributed by atoms with Gasteiger partial charge in [0.1, 0.15) is 11.6 Å². The third kappa shape index (κ3) is 3.86. The molecule has 0 N–H and O–H groups in total. The Hall–Kier alpha value is -3.28. The lowest BCUT2D eigenvalue weighted by Gasteiger charge is -2.13. The van der Waals surface area contributed by atoms with Gasteiger partial charge in [-0.3, -0.25) is 9.36 Å². The van der Waals surface area contributed by atoms with Crippen LogP contribution in [0.5, 0.6) is 0 Å². The zero-order valence-corrected chi connectivity index (χ0v) is 16.0. The van der Waals surface area contributed by atoms with Gasteiger partial charge in [-0.05, 0) is 38.1 Å². The average molecular weight is 380 g/mol. The standard InChI is InChI=1S/C22H21FN2O3/c1-4-20-24-19-13-18(23)15(8-11-21(26)28-5-2)12-17(19)22(27)25(20)16-9-6-14(3)7-10-16/h6-13H,4-5H2,1-3H3. The van der Waals surface area contributed by atoms with Crippen LogP contribution in [-0.4, -0.2) is 22.1 Å². The fourth-order valence-corrected chi connectivity index (χ4v) is 2.94. The third-order valence-corrected chi connectivity index (χ3v) is 4.35. The summed E-state index contributed by atoms with van der Waals surface area (Å²) in [6.07, 6.45) is 2.96. The van der Waals surface area contributed by atoms with Crippen LogP contribution in [0.15, 0.2) is 47.3 Å². The van der Waals surface area contributed by atoms with Gasteiger partial charge in [0.15, 0.2) is 0 Å². The molecule has 0 saturated carbocycles. The summed E-state index contributed by atoms with van der Waals surface area (Å²) in [5, 5.41) is 0.280. The fourth-order valence-electron chi connectivity index (χ4n) is 2.94. The maximum absolute atomic E-state index is 14.4. The van der Waals surface area contributed by atoms with Gasteiger partial charge in [0.2, 0.25) is 0 Å². The van der Waals surface area contributed by atoms with Crippen LogP contribution >= 0.6 is 0 Å². The molecule has 28 heavy (non-hydrogen) atoms. The Labute approximate surface area is 162 Å². The molecule has 0 atom stereocenters. The minimum Gasteiger partial charge on any atom is -0.463 e. The minimum absolute atomic E-state index is 0.124. The molecule has 0 fully saturated rings. The highest BCUT2D eigenvalue weighted by Crippen LogP contribution is 2.19. The Balaban J connectivity index is 2.19. The van der Waals surface area contributed by atoms with Crippen LogP contribution in [0, 0.1) is 12.7 Å². The lowest BCUT2D eigenvalue weighted by atomic mass is 10.1. The molecule has 0 amide bonds. The highest BCUT2D eigenvalue weighted by molar-refractivity contribution is 5.88. The molecule has 0 aliphatic heterocycles. The Morgan fingerprint density at radius 3 is 2.57 bits per heavy atom. The van der Waals surface area contributed by atoms with Gasteiger partial charge in [-0.2, -0.15) is 0 Å². The van der Waals surface area contributed by atoms with Crippen LogP contribution in [0.1, 0.15) is 30.8 Å². The first kappa shape index (κ1) is 19.5. The Kier molecular flexibility index (Phi) is 5.68. The van der Waals surface area contributed by atoms with E-state index in [2.05, 4.69) is 4.98 Å². The molecule has 2 aromatic carbocycles. The van der Waals surface area contributed by atoms with Crippen LogP contribution in [0.3, 0.4) is 0 Å². The first-order chi connectivity index (χ1) is 13.4. The number of aryl methyl sites for hydroxylation is 2. The van der Waals surface area contributed by atoms with Gasteiger partial charge in [-0.1, -0.05) is 24.6 Å². The molecule has 0 aliphatic carbocycles. The maximum Gasteiger partial charge on any atom is 0.330 e. The van der Waals surface area contributed by atoms with Crippen LogP contribution in [0.2, 0.25) is 0 Å². The van der Waals surface area contributed by atoms with Crippen molar-refractivity contribution in [2.24, 2.45) is 0 Å². The van der Waals surface area contributed by atoms with Crippen molar-refractivity contribution in [2.75, 3.05) is 6.61 Å². The molecule has 1 heterocycles. The number of carbonyl (C=O) groups excluding carboxylic acids is 1. The predicted octanol–water partition coefficient (Wildman–Crippen LogP) is 3.97. The number of nitrogens with zero attached hydrogens (tertiary/aromatic N) is 2. The van der Waals surface area contributed by atoms with Gasteiger partial charge < -0.3 is 4.74 Å². The van der Waals surface area contributed by atoms with E-state index in [4.69, 9.17) is 4.74 Å². The predicted molar refractivity (Wildman–Crippen MR) is 107 cm³/mol. The number of fused-ring (bicyclic) bond motifs is 1. The van der Waals surface area contributed by atoms with Crippen molar-refractivity contribution in [2.45, 2.75) is 27.2 Å². The van der Waals surface area contributed by atoms with Crippen molar-refractivity contribution < 1.29 is 13.9 Å². The van der Waals surface area contributed by atoms with E-state index in [1.807, 2.05) is 38.1 Å². The van der Waals surface area contributed by atoms with E-state index in [9.17, 15) is 14.0 Å². The van der Waals surface area contributed by atoms with E-state index >= 15 is 0 Å². The van der Waals surface area contributed by atoms with Gasteiger partial charge in [0.05, 0.1) is 23.2 Å². The van der Waals surface area contributed by atoms with Gasteiger partial charge >= 0.3 is 5.97 Å². The summed E-state index contributed by atoms with van der Waals surface area (Å²) < 4.78 is 20.8. The van der Waals surface area contributed by atoms with Gasteiger partial charge in [0.25, 0.3) is 5.56 Å². The van der Waals surface area contributed by atoms with Crippen LogP contribution in [-0.2, 0) is 16.0 Å². The molecule has 0 unspecified atom stereocenters. The summed E-state index contributed by atoms with van der Waals surface area (Å²) in [5.41, 5.74) is 1.92. The number of halogens is 1. The van der Waals surface area contributed by atoms with Crippen molar-refractivity contribution >= 4 is 22.9 Å². The molecular weight excluding hydrogens is 359 g/mol. The largest absolute Gasteiger partial charge is 0.463 e. The van der Waals surface area contributed by atoms with Crippen molar-refractivity contribution in [3.63, 3.8) is 0 Å². The molecule has 0 bridgehead atoms.